The van der Waals surface area contributed by atoms with E-state index < -0.39 is 24.0 Å². The highest BCUT2D eigenvalue weighted by atomic mass is 16.4. The quantitative estimate of drug-likeness (QED) is 0.315. The van der Waals surface area contributed by atoms with Crippen LogP contribution < -0.4 is 16.4 Å². The van der Waals surface area contributed by atoms with Crippen LogP contribution in [0, 0.1) is 5.41 Å². The number of amidine groups is 1. The topological polar surface area (TPSA) is 166 Å². The van der Waals surface area contributed by atoms with Crippen LogP contribution in [-0.4, -0.2) is 40.1 Å². The van der Waals surface area contributed by atoms with Gasteiger partial charge in [0.15, 0.2) is 0 Å². The highest BCUT2D eigenvalue weighted by Gasteiger charge is 2.20. The van der Waals surface area contributed by atoms with E-state index in [-0.39, 0.29) is 18.7 Å². The summed E-state index contributed by atoms with van der Waals surface area (Å²) in [7, 11) is 0. The number of nitrogens with one attached hydrogen (secondary N) is 3. The molecule has 0 spiro atoms. The molecule has 9 heteroatoms. The number of nitrogen functional groups attached to an aromatic ring is 1. The van der Waals surface area contributed by atoms with Crippen molar-refractivity contribution in [3.63, 3.8) is 0 Å². The number of aliphatic carboxylic acids is 2. The third kappa shape index (κ3) is 5.49. The van der Waals surface area contributed by atoms with Crippen molar-refractivity contribution in [1.82, 2.24) is 5.32 Å². The normalized spacial score (nSPS) is 11.3. The maximum atomic E-state index is 11.7. The molecule has 0 saturated heterocycles. The summed E-state index contributed by atoms with van der Waals surface area (Å²) in [6, 6.07) is 3.99. The maximum absolute atomic E-state index is 11.7. The Labute approximate surface area is 125 Å². The zero-order chi connectivity index (χ0) is 16.7. The van der Waals surface area contributed by atoms with Gasteiger partial charge >= 0.3 is 18.0 Å². The van der Waals surface area contributed by atoms with Gasteiger partial charge < -0.3 is 26.6 Å². The number of carbonyl (C=O) groups excluding carboxylic acids is 1. The van der Waals surface area contributed by atoms with Gasteiger partial charge in [0.25, 0.3) is 0 Å². The number of anilines is 1. The zero-order valence-electron chi connectivity index (χ0n) is 11.5. The molecule has 0 aliphatic heterocycles. The van der Waals surface area contributed by atoms with E-state index in [9.17, 15) is 14.4 Å². The Morgan fingerprint density at radius 2 is 1.77 bits per heavy atom. The molecular weight excluding hydrogens is 292 g/mol. The third-order valence-corrected chi connectivity index (χ3v) is 2.70. The molecule has 0 bridgehead atoms. The molecule has 0 aliphatic carbocycles. The van der Waals surface area contributed by atoms with Gasteiger partial charge in [0, 0.05) is 17.7 Å². The van der Waals surface area contributed by atoms with Crippen LogP contribution in [0.15, 0.2) is 24.3 Å². The molecule has 0 saturated carbocycles. The molecule has 22 heavy (non-hydrogen) atoms. The van der Waals surface area contributed by atoms with Gasteiger partial charge in [-0.05, 0) is 30.7 Å². The number of hydrogen-bond acceptors (Lipinski definition) is 4. The summed E-state index contributed by atoms with van der Waals surface area (Å²) < 4.78 is 0. The Bertz CT molecular complexity index is 585. The predicted octanol–water partition coefficient (Wildman–Crippen LogP) is 0.410. The van der Waals surface area contributed by atoms with Crippen LogP contribution in [0.3, 0.4) is 0 Å². The van der Waals surface area contributed by atoms with E-state index in [1.54, 1.807) is 0 Å². The summed E-state index contributed by atoms with van der Waals surface area (Å²) in [5.74, 6) is -2.58. The van der Waals surface area contributed by atoms with Crippen LogP contribution in [-0.2, 0) is 9.59 Å². The van der Waals surface area contributed by atoms with Crippen molar-refractivity contribution in [1.29, 1.82) is 5.41 Å². The van der Waals surface area contributed by atoms with Crippen molar-refractivity contribution in [2.24, 2.45) is 5.73 Å². The van der Waals surface area contributed by atoms with Gasteiger partial charge in [0.1, 0.15) is 11.9 Å². The fraction of sp³-hybridized carbons (Fsp3) is 0.231. The first-order chi connectivity index (χ1) is 10.3. The molecule has 1 unspecified atom stereocenters. The van der Waals surface area contributed by atoms with Crippen LogP contribution >= 0.6 is 0 Å². The summed E-state index contributed by atoms with van der Waals surface area (Å²) in [6.07, 6.45) is -0.591. The first-order valence-electron chi connectivity index (χ1n) is 6.26. The van der Waals surface area contributed by atoms with Crippen LogP contribution in [0.5, 0.6) is 0 Å². The molecule has 0 heterocycles. The minimum atomic E-state index is -1.32. The second-order valence-electron chi connectivity index (χ2n) is 4.41. The van der Waals surface area contributed by atoms with Crippen LogP contribution in [0.25, 0.3) is 0 Å². The van der Waals surface area contributed by atoms with E-state index in [1.165, 1.54) is 24.3 Å². The Kier molecular flexibility index (Phi) is 5.87. The number of urea groups is 1. The van der Waals surface area contributed by atoms with E-state index in [0.717, 1.165) is 0 Å². The molecular formula is C13H16N4O5. The van der Waals surface area contributed by atoms with Gasteiger partial charge in [-0.3, -0.25) is 10.2 Å². The maximum Gasteiger partial charge on any atom is 0.326 e. The molecule has 1 aromatic carbocycles. The standard InChI is InChI=1S/C13H16N4O5/c14-11(15)7-1-3-8(4-2-7)16-13(22)17-9(12(20)21)5-6-10(18)19/h1-4,9H,5-6H2,(H3,14,15)(H,18,19)(H,20,21)(H2,16,17,22). The minimum Gasteiger partial charge on any atom is -0.481 e. The lowest BCUT2D eigenvalue weighted by atomic mass is 10.1. The zero-order valence-corrected chi connectivity index (χ0v) is 11.5. The lowest BCUT2D eigenvalue weighted by Crippen LogP contribution is -2.43. The molecule has 2 amide bonds. The van der Waals surface area contributed by atoms with E-state index in [0.29, 0.717) is 11.3 Å². The second-order valence-corrected chi connectivity index (χ2v) is 4.41. The lowest BCUT2D eigenvalue weighted by Gasteiger charge is -2.14. The molecule has 1 aromatic rings. The summed E-state index contributed by atoms with van der Waals surface area (Å²) in [5.41, 5.74) is 6.15. The number of amides is 2. The number of carboxylic acid groups (broad SMARTS) is 2. The molecule has 0 fully saturated rings. The van der Waals surface area contributed by atoms with Gasteiger partial charge in [-0.1, -0.05) is 0 Å². The highest BCUT2D eigenvalue weighted by Crippen LogP contribution is 2.09. The van der Waals surface area contributed by atoms with Crippen molar-refractivity contribution >= 4 is 29.5 Å². The molecule has 0 aromatic heterocycles. The van der Waals surface area contributed by atoms with Gasteiger partial charge in [0.2, 0.25) is 0 Å². The summed E-state index contributed by atoms with van der Waals surface area (Å²) >= 11 is 0. The molecule has 118 valence electrons. The number of benzene rings is 1. The van der Waals surface area contributed by atoms with E-state index >= 15 is 0 Å². The largest absolute Gasteiger partial charge is 0.481 e. The summed E-state index contributed by atoms with van der Waals surface area (Å²) in [6.45, 7) is 0. The third-order valence-electron chi connectivity index (χ3n) is 2.70. The molecule has 0 aliphatic rings. The van der Waals surface area contributed by atoms with Gasteiger partial charge in [-0.2, -0.15) is 0 Å². The van der Waals surface area contributed by atoms with Gasteiger partial charge in [-0.15, -0.1) is 0 Å². The molecule has 7 N–H and O–H groups in total. The Morgan fingerprint density at radius 1 is 1.18 bits per heavy atom. The first-order valence-corrected chi connectivity index (χ1v) is 6.26. The van der Waals surface area contributed by atoms with Crippen LogP contribution in [0.4, 0.5) is 10.5 Å². The number of carboxylic acids is 2. The molecule has 9 nitrogen and oxygen atoms in total. The SMILES string of the molecule is N=C(N)c1ccc(NC(=O)NC(CCC(=O)O)C(=O)O)cc1. The fourth-order valence-corrected chi connectivity index (χ4v) is 1.58. The molecule has 0 radical (unpaired) electrons. The Morgan fingerprint density at radius 3 is 2.23 bits per heavy atom. The number of hydrogen-bond donors (Lipinski definition) is 6. The number of nitrogens with two attached hydrogens (primary N) is 1. The predicted molar refractivity (Wildman–Crippen MR) is 77.9 cm³/mol. The Balaban J connectivity index is 2.61. The second kappa shape index (κ2) is 7.62. The van der Waals surface area contributed by atoms with Gasteiger partial charge in [0.05, 0.1) is 0 Å². The van der Waals surface area contributed by atoms with Crippen LogP contribution in [0.1, 0.15) is 18.4 Å². The van der Waals surface area contributed by atoms with Gasteiger partial charge in [-0.25, -0.2) is 9.59 Å². The van der Waals surface area contributed by atoms with E-state index in [2.05, 4.69) is 10.6 Å². The lowest BCUT2D eigenvalue weighted by molar-refractivity contribution is -0.140. The highest BCUT2D eigenvalue weighted by molar-refractivity contribution is 5.96. The van der Waals surface area contributed by atoms with Crippen molar-refractivity contribution < 1.29 is 24.6 Å². The summed E-state index contributed by atoms with van der Waals surface area (Å²) in [5, 5.41) is 29.3. The molecule has 1 rings (SSSR count). The fourth-order valence-electron chi connectivity index (χ4n) is 1.58. The first kappa shape index (κ1) is 17.0. The Hall–Kier alpha value is -3.10. The number of rotatable bonds is 7. The minimum absolute atomic E-state index is 0.115. The monoisotopic (exact) mass is 308 g/mol. The van der Waals surface area contributed by atoms with Crippen molar-refractivity contribution in [3.05, 3.63) is 29.8 Å². The number of carbonyl (C=O) groups is 3. The summed E-state index contributed by atoms with van der Waals surface area (Å²) in [4.78, 5) is 33.1. The van der Waals surface area contributed by atoms with E-state index in [4.69, 9.17) is 21.4 Å². The van der Waals surface area contributed by atoms with Crippen molar-refractivity contribution in [2.45, 2.75) is 18.9 Å². The molecule has 1 atom stereocenters. The average Bonchev–Trinajstić information content (AvgIpc) is 2.43. The van der Waals surface area contributed by atoms with Crippen molar-refractivity contribution in [2.75, 3.05) is 5.32 Å². The smallest absolute Gasteiger partial charge is 0.326 e. The van der Waals surface area contributed by atoms with E-state index in [1.807, 2.05) is 0 Å². The van der Waals surface area contributed by atoms with Crippen LogP contribution in [0.2, 0.25) is 0 Å². The van der Waals surface area contributed by atoms with Crippen molar-refractivity contribution in [3.8, 4) is 0 Å². The average molecular weight is 308 g/mol.